The van der Waals surface area contributed by atoms with Crippen LogP contribution in [0.1, 0.15) is 41.8 Å². The van der Waals surface area contributed by atoms with Crippen LogP contribution in [0.3, 0.4) is 0 Å². The number of imidazole rings is 1. The van der Waals surface area contributed by atoms with Crippen LogP contribution in [0.15, 0.2) is 20.2 Å². The van der Waals surface area contributed by atoms with Gasteiger partial charge in [0.25, 0.3) is 11.5 Å². The third-order valence-electron chi connectivity index (χ3n) is 3.89. The summed E-state index contributed by atoms with van der Waals surface area (Å²) in [7, 11) is 2.92. The van der Waals surface area contributed by atoms with E-state index in [2.05, 4.69) is 20.4 Å². The molecule has 0 saturated carbocycles. The van der Waals surface area contributed by atoms with Crippen LogP contribution in [0.2, 0.25) is 0 Å². The fraction of sp³-hybridized carbons (Fsp3) is 0.400. The van der Waals surface area contributed by atoms with Crippen molar-refractivity contribution in [1.82, 2.24) is 29.6 Å². The van der Waals surface area contributed by atoms with Gasteiger partial charge in [0.05, 0.1) is 6.54 Å². The van der Waals surface area contributed by atoms with Crippen LogP contribution in [0.4, 0.5) is 0 Å². The van der Waals surface area contributed by atoms with E-state index in [1.807, 2.05) is 13.8 Å². The van der Waals surface area contributed by atoms with Crippen LogP contribution < -0.4 is 16.6 Å². The average molecular weight is 346 g/mol. The number of nitrogens with zero attached hydrogens (tertiary/aromatic N) is 4. The Morgan fingerprint density at radius 2 is 2.04 bits per heavy atom. The van der Waals surface area contributed by atoms with E-state index in [9.17, 15) is 14.4 Å². The van der Waals surface area contributed by atoms with Crippen molar-refractivity contribution in [3.05, 3.63) is 44.2 Å². The second-order valence-corrected chi connectivity index (χ2v) is 6.04. The van der Waals surface area contributed by atoms with Crippen LogP contribution in [-0.2, 0) is 20.6 Å². The molecule has 3 heterocycles. The summed E-state index contributed by atoms with van der Waals surface area (Å²) in [6.07, 6.45) is 0. The van der Waals surface area contributed by atoms with Gasteiger partial charge in [0.15, 0.2) is 11.3 Å². The summed E-state index contributed by atoms with van der Waals surface area (Å²) in [5, 5.41) is 6.37. The fourth-order valence-electron chi connectivity index (χ4n) is 2.38. The van der Waals surface area contributed by atoms with Gasteiger partial charge in [-0.25, -0.2) is 9.78 Å². The maximum atomic E-state index is 12.1. The Kier molecular flexibility index (Phi) is 4.03. The number of rotatable bonds is 4. The van der Waals surface area contributed by atoms with Gasteiger partial charge in [-0.05, 0) is 0 Å². The van der Waals surface area contributed by atoms with Gasteiger partial charge in [-0.3, -0.25) is 18.7 Å². The predicted octanol–water partition coefficient (Wildman–Crippen LogP) is 0.00170. The monoisotopic (exact) mass is 346 g/mol. The molecule has 2 N–H and O–H groups in total. The van der Waals surface area contributed by atoms with Crippen molar-refractivity contribution < 1.29 is 9.32 Å². The van der Waals surface area contributed by atoms with E-state index in [1.165, 1.54) is 18.7 Å². The molecule has 25 heavy (non-hydrogen) atoms. The molecule has 132 valence electrons. The molecule has 10 nitrogen and oxygen atoms in total. The second kappa shape index (κ2) is 6.04. The molecule has 3 rings (SSSR count). The molecule has 0 saturated heterocycles. The number of hydrogen-bond acceptors (Lipinski definition) is 6. The third-order valence-corrected chi connectivity index (χ3v) is 3.89. The highest BCUT2D eigenvalue weighted by Gasteiger charge is 2.16. The summed E-state index contributed by atoms with van der Waals surface area (Å²) in [4.78, 5) is 43.2. The van der Waals surface area contributed by atoms with E-state index in [1.54, 1.807) is 6.07 Å². The number of nitrogens with one attached hydrogen (secondary N) is 2. The van der Waals surface area contributed by atoms with Gasteiger partial charge in [-0.1, -0.05) is 19.0 Å². The number of amides is 1. The molecule has 0 aromatic carbocycles. The lowest BCUT2D eigenvalue weighted by molar-refractivity contribution is 0.0940. The zero-order chi connectivity index (χ0) is 18.3. The molecule has 0 aliphatic heterocycles. The van der Waals surface area contributed by atoms with E-state index >= 15 is 0 Å². The summed E-state index contributed by atoms with van der Waals surface area (Å²) in [5.41, 5.74) is -0.328. The van der Waals surface area contributed by atoms with Gasteiger partial charge >= 0.3 is 5.69 Å². The first kappa shape index (κ1) is 16.7. The number of carbonyl (C=O) groups is 1. The Morgan fingerprint density at radius 3 is 2.68 bits per heavy atom. The molecular formula is C15H18N6O4. The lowest BCUT2D eigenvalue weighted by atomic mass is 10.1. The standard InChI is InChI=1S/C15H18N6O4/c1-7(2)9-5-8(19-25-9)13(22)16-6-10-17-11-12(18-10)20(3)15(24)21(4)14(11)23/h5,7H,6H2,1-4H3,(H,16,22)(H,17,18). The quantitative estimate of drug-likeness (QED) is 0.684. The number of aryl methyl sites for hydroxylation is 1. The Balaban J connectivity index is 1.83. The fourth-order valence-corrected chi connectivity index (χ4v) is 2.38. The average Bonchev–Trinajstić information content (AvgIpc) is 3.23. The molecule has 1 amide bonds. The summed E-state index contributed by atoms with van der Waals surface area (Å²) < 4.78 is 7.35. The highest BCUT2D eigenvalue weighted by Crippen LogP contribution is 2.15. The molecule has 0 aliphatic carbocycles. The van der Waals surface area contributed by atoms with Gasteiger partial charge in [0, 0.05) is 26.1 Å². The van der Waals surface area contributed by atoms with Crippen molar-refractivity contribution in [3.63, 3.8) is 0 Å². The Bertz CT molecular complexity index is 1070. The first-order chi connectivity index (χ1) is 11.8. The van der Waals surface area contributed by atoms with E-state index in [4.69, 9.17) is 4.52 Å². The van der Waals surface area contributed by atoms with Gasteiger partial charge in [0.2, 0.25) is 0 Å². The van der Waals surface area contributed by atoms with Crippen LogP contribution >= 0.6 is 0 Å². The maximum absolute atomic E-state index is 12.1. The number of carbonyl (C=O) groups excluding carboxylic acids is 1. The lowest BCUT2D eigenvalue weighted by Gasteiger charge is -2.00. The number of fused-ring (bicyclic) bond motifs is 1. The Hall–Kier alpha value is -3.17. The zero-order valence-electron chi connectivity index (χ0n) is 14.3. The first-order valence-corrected chi connectivity index (χ1v) is 7.69. The first-order valence-electron chi connectivity index (χ1n) is 7.69. The molecule has 0 bridgehead atoms. The van der Waals surface area contributed by atoms with Crippen molar-refractivity contribution in [2.45, 2.75) is 26.3 Å². The molecule has 0 aliphatic rings. The van der Waals surface area contributed by atoms with Crippen LogP contribution in [0.5, 0.6) is 0 Å². The predicted molar refractivity (Wildman–Crippen MR) is 88.3 cm³/mol. The van der Waals surface area contributed by atoms with Gasteiger partial charge < -0.3 is 14.8 Å². The van der Waals surface area contributed by atoms with Crippen molar-refractivity contribution >= 4 is 17.1 Å². The number of H-pyrrole nitrogens is 1. The molecule has 3 aromatic heterocycles. The highest BCUT2D eigenvalue weighted by molar-refractivity contribution is 5.92. The molecule has 0 spiro atoms. The van der Waals surface area contributed by atoms with E-state index < -0.39 is 17.2 Å². The van der Waals surface area contributed by atoms with Crippen molar-refractivity contribution in [2.75, 3.05) is 0 Å². The minimum absolute atomic E-state index is 0.0503. The summed E-state index contributed by atoms with van der Waals surface area (Å²) in [6.45, 7) is 3.91. The van der Waals surface area contributed by atoms with E-state index in [0.717, 1.165) is 4.57 Å². The highest BCUT2D eigenvalue weighted by atomic mass is 16.5. The van der Waals surface area contributed by atoms with Crippen LogP contribution in [-0.4, -0.2) is 30.2 Å². The van der Waals surface area contributed by atoms with Gasteiger partial charge in [0.1, 0.15) is 17.1 Å². The molecule has 0 radical (unpaired) electrons. The van der Waals surface area contributed by atoms with Crippen molar-refractivity contribution in [2.24, 2.45) is 14.1 Å². The Morgan fingerprint density at radius 1 is 1.32 bits per heavy atom. The molecule has 0 unspecified atom stereocenters. The minimum Gasteiger partial charge on any atom is -0.360 e. The van der Waals surface area contributed by atoms with E-state index in [-0.39, 0.29) is 29.3 Å². The Labute approximate surface area is 141 Å². The van der Waals surface area contributed by atoms with Gasteiger partial charge in [-0.15, -0.1) is 0 Å². The summed E-state index contributed by atoms with van der Waals surface area (Å²) in [5.74, 6) is 0.682. The largest absolute Gasteiger partial charge is 0.360 e. The summed E-state index contributed by atoms with van der Waals surface area (Å²) >= 11 is 0. The zero-order valence-corrected chi connectivity index (χ0v) is 14.3. The molecule has 10 heteroatoms. The normalized spacial score (nSPS) is 11.4. The molecule has 0 atom stereocenters. The maximum Gasteiger partial charge on any atom is 0.332 e. The molecular weight excluding hydrogens is 328 g/mol. The SMILES string of the molecule is CC(C)c1cc(C(=O)NCc2nc3c([nH]2)c(=O)n(C)c(=O)n3C)no1. The van der Waals surface area contributed by atoms with Gasteiger partial charge in [-0.2, -0.15) is 0 Å². The number of aromatic nitrogens is 5. The van der Waals surface area contributed by atoms with Crippen molar-refractivity contribution in [1.29, 1.82) is 0 Å². The van der Waals surface area contributed by atoms with Crippen LogP contribution in [0.25, 0.3) is 11.2 Å². The second-order valence-electron chi connectivity index (χ2n) is 6.04. The smallest absolute Gasteiger partial charge is 0.332 e. The van der Waals surface area contributed by atoms with E-state index in [0.29, 0.717) is 11.6 Å². The number of hydrogen-bond donors (Lipinski definition) is 2. The third kappa shape index (κ3) is 2.86. The van der Waals surface area contributed by atoms with Crippen LogP contribution in [0, 0.1) is 0 Å². The molecule has 3 aromatic rings. The summed E-state index contributed by atoms with van der Waals surface area (Å²) in [6, 6.07) is 1.58. The molecule has 0 fully saturated rings. The minimum atomic E-state index is -0.471. The lowest BCUT2D eigenvalue weighted by Crippen LogP contribution is -2.36. The number of aromatic amines is 1. The topological polar surface area (TPSA) is 128 Å². The van der Waals surface area contributed by atoms with Crippen molar-refractivity contribution in [3.8, 4) is 0 Å².